The predicted octanol–water partition coefficient (Wildman–Crippen LogP) is 3.42. The summed E-state index contributed by atoms with van der Waals surface area (Å²) in [6, 6.07) is 9.78. The van der Waals surface area contributed by atoms with E-state index in [1.807, 2.05) is 38.1 Å². The maximum absolute atomic E-state index is 12.6. The van der Waals surface area contributed by atoms with Crippen molar-refractivity contribution < 1.29 is 14.3 Å². The fraction of sp³-hybridized carbons (Fsp3) is 0.368. The van der Waals surface area contributed by atoms with Crippen LogP contribution in [0, 0.1) is 18.3 Å². The Kier molecular flexibility index (Phi) is 5.64. The first-order valence-corrected chi connectivity index (χ1v) is 8.07. The van der Waals surface area contributed by atoms with Gasteiger partial charge in [-0.2, -0.15) is 5.26 Å². The number of rotatable bonds is 5. The summed E-state index contributed by atoms with van der Waals surface area (Å²) >= 11 is 0. The monoisotopic (exact) mass is 326 g/mol. The van der Waals surface area contributed by atoms with Gasteiger partial charge >= 0.3 is 5.97 Å². The average molecular weight is 326 g/mol. The fourth-order valence-corrected chi connectivity index (χ4v) is 2.76. The van der Waals surface area contributed by atoms with E-state index in [0.29, 0.717) is 17.8 Å². The van der Waals surface area contributed by atoms with E-state index >= 15 is 0 Å². The van der Waals surface area contributed by atoms with Crippen LogP contribution in [0.2, 0.25) is 0 Å². The van der Waals surface area contributed by atoms with Crippen molar-refractivity contribution in [2.45, 2.75) is 39.5 Å². The van der Waals surface area contributed by atoms with Gasteiger partial charge in [0.25, 0.3) is 0 Å². The number of esters is 1. The van der Waals surface area contributed by atoms with Crippen LogP contribution < -0.4 is 5.73 Å². The Balaban J connectivity index is 2.63. The summed E-state index contributed by atoms with van der Waals surface area (Å²) in [6.45, 7) is 5.97. The molecular weight excluding hydrogens is 304 g/mol. The molecule has 0 aromatic heterocycles. The van der Waals surface area contributed by atoms with Crippen LogP contribution in [-0.4, -0.2) is 12.6 Å². The molecule has 0 fully saturated rings. The van der Waals surface area contributed by atoms with Gasteiger partial charge < -0.3 is 15.2 Å². The third-order valence-corrected chi connectivity index (χ3v) is 3.88. The summed E-state index contributed by atoms with van der Waals surface area (Å²) in [5.41, 5.74) is 8.47. The number of carbonyl (C=O) groups excluding carboxylic acids is 1. The van der Waals surface area contributed by atoms with Crippen LogP contribution in [0.15, 0.2) is 47.1 Å². The van der Waals surface area contributed by atoms with Crippen LogP contribution >= 0.6 is 0 Å². The maximum Gasteiger partial charge on any atom is 0.338 e. The SMILES string of the molecule is CCCC1=C(C(=O)OCC)[C@@H](c2ccc(C)cc2)C(C#N)=C(N)O1. The summed E-state index contributed by atoms with van der Waals surface area (Å²) < 4.78 is 10.8. The molecule has 5 nitrogen and oxygen atoms in total. The minimum Gasteiger partial charge on any atom is -0.463 e. The highest BCUT2D eigenvalue weighted by Gasteiger charge is 2.37. The number of nitrogens with zero attached hydrogens (tertiary/aromatic N) is 1. The number of carbonyl (C=O) groups is 1. The Morgan fingerprint density at radius 1 is 1.33 bits per heavy atom. The van der Waals surface area contributed by atoms with Crippen LogP contribution in [0.1, 0.15) is 43.7 Å². The van der Waals surface area contributed by atoms with Gasteiger partial charge in [0, 0.05) is 6.42 Å². The molecule has 0 aliphatic carbocycles. The van der Waals surface area contributed by atoms with Gasteiger partial charge in [-0.25, -0.2) is 4.79 Å². The summed E-state index contributed by atoms with van der Waals surface area (Å²) in [5, 5.41) is 9.55. The third-order valence-electron chi connectivity index (χ3n) is 3.88. The zero-order valence-electron chi connectivity index (χ0n) is 14.3. The molecule has 1 atom stereocenters. The summed E-state index contributed by atoms with van der Waals surface area (Å²) in [7, 11) is 0. The highest BCUT2D eigenvalue weighted by atomic mass is 16.5. The van der Waals surface area contributed by atoms with E-state index in [1.54, 1.807) is 6.92 Å². The van der Waals surface area contributed by atoms with Gasteiger partial charge in [-0.1, -0.05) is 36.8 Å². The normalized spacial score (nSPS) is 17.3. The average Bonchev–Trinajstić information content (AvgIpc) is 2.55. The molecule has 0 spiro atoms. The summed E-state index contributed by atoms with van der Waals surface area (Å²) in [6.07, 6.45) is 1.34. The number of hydrogen-bond acceptors (Lipinski definition) is 5. The third kappa shape index (κ3) is 3.43. The highest BCUT2D eigenvalue weighted by Crippen LogP contribution is 2.40. The Morgan fingerprint density at radius 2 is 2.00 bits per heavy atom. The lowest BCUT2D eigenvalue weighted by Gasteiger charge is -2.28. The lowest BCUT2D eigenvalue weighted by atomic mass is 9.82. The van der Waals surface area contributed by atoms with E-state index in [-0.39, 0.29) is 18.1 Å². The second-order valence-electron chi connectivity index (χ2n) is 5.64. The molecule has 0 amide bonds. The van der Waals surface area contributed by atoms with Crippen molar-refractivity contribution in [3.8, 4) is 6.07 Å². The molecule has 1 aromatic carbocycles. The van der Waals surface area contributed by atoms with Gasteiger partial charge in [0.1, 0.15) is 17.4 Å². The summed E-state index contributed by atoms with van der Waals surface area (Å²) in [5.74, 6) is -0.491. The minimum atomic E-state index is -0.565. The zero-order valence-corrected chi connectivity index (χ0v) is 14.3. The number of ether oxygens (including phenoxy) is 2. The van der Waals surface area contributed by atoms with Crippen LogP contribution in [0.4, 0.5) is 0 Å². The topological polar surface area (TPSA) is 85.3 Å². The van der Waals surface area contributed by atoms with Crippen molar-refractivity contribution in [3.63, 3.8) is 0 Å². The van der Waals surface area contributed by atoms with Crippen molar-refractivity contribution in [2.75, 3.05) is 6.61 Å². The number of nitriles is 1. The number of aryl methyl sites for hydroxylation is 1. The number of benzene rings is 1. The molecule has 0 unspecified atom stereocenters. The Hall–Kier alpha value is -2.74. The van der Waals surface area contributed by atoms with Crippen LogP contribution in [-0.2, 0) is 14.3 Å². The van der Waals surface area contributed by atoms with E-state index in [4.69, 9.17) is 15.2 Å². The van der Waals surface area contributed by atoms with Crippen molar-refractivity contribution >= 4 is 5.97 Å². The first kappa shape index (κ1) is 17.6. The molecule has 1 aromatic rings. The lowest BCUT2D eigenvalue weighted by molar-refractivity contribution is -0.139. The Morgan fingerprint density at radius 3 is 2.54 bits per heavy atom. The quantitative estimate of drug-likeness (QED) is 0.838. The van der Waals surface area contributed by atoms with Crippen molar-refractivity contribution in [1.82, 2.24) is 0 Å². The molecule has 0 saturated carbocycles. The minimum absolute atomic E-state index is 0.0552. The smallest absolute Gasteiger partial charge is 0.338 e. The van der Waals surface area contributed by atoms with Crippen LogP contribution in [0.5, 0.6) is 0 Å². The highest BCUT2D eigenvalue weighted by molar-refractivity contribution is 5.92. The molecule has 0 saturated heterocycles. The van der Waals surface area contributed by atoms with Crippen molar-refractivity contribution in [1.29, 1.82) is 5.26 Å². The molecule has 1 aliphatic rings. The van der Waals surface area contributed by atoms with Gasteiger partial charge in [-0.15, -0.1) is 0 Å². The summed E-state index contributed by atoms with van der Waals surface area (Å²) in [4.78, 5) is 12.6. The molecule has 2 N–H and O–H groups in total. The van der Waals surface area contributed by atoms with E-state index < -0.39 is 11.9 Å². The maximum atomic E-state index is 12.6. The van der Waals surface area contributed by atoms with Crippen molar-refractivity contribution in [3.05, 3.63) is 58.2 Å². The van der Waals surface area contributed by atoms with Gasteiger partial charge in [-0.3, -0.25) is 0 Å². The van der Waals surface area contributed by atoms with Gasteiger partial charge in [0.15, 0.2) is 0 Å². The van der Waals surface area contributed by atoms with Gasteiger partial charge in [0.2, 0.25) is 5.88 Å². The van der Waals surface area contributed by atoms with Crippen LogP contribution in [0.3, 0.4) is 0 Å². The Labute approximate surface area is 142 Å². The van der Waals surface area contributed by atoms with E-state index in [2.05, 4.69) is 6.07 Å². The largest absolute Gasteiger partial charge is 0.463 e. The first-order valence-electron chi connectivity index (χ1n) is 8.07. The molecule has 24 heavy (non-hydrogen) atoms. The predicted molar refractivity (Wildman–Crippen MR) is 90.4 cm³/mol. The van der Waals surface area contributed by atoms with E-state index in [1.165, 1.54) is 0 Å². The second-order valence-corrected chi connectivity index (χ2v) is 5.64. The zero-order chi connectivity index (χ0) is 17.7. The number of nitrogens with two attached hydrogens (primary N) is 1. The molecule has 2 rings (SSSR count). The number of hydrogen-bond donors (Lipinski definition) is 1. The van der Waals surface area contributed by atoms with Crippen molar-refractivity contribution in [2.24, 2.45) is 5.73 Å². The number of allylic oxidation sites excluding steroid dienone is 2. The molecular formula is C19H22N2O3. The van der Waals surface area contributed by atoms with E-state index in [0.717, 1.165) is 17.5 Å². The second kappa shape index (κ2) is 7.69. The van der Waals surface area contributed by atoms with E-state index in [9.17, 15) is 10.1 Å². The lowest BCUT2D eigenvalue weighted by Crippen LogP contribution is -2.26. The first-order chi connectivity index (χ1) is 11.5. The van der Waals surface area contributed by atoms with Crippen LogP contribution in [0.25, 0.3) is 0 Å². The Bertz CT molecular complexity index is 724. The molecule has 126 valence electrons. The molecule has 0 radical (unpaired) electrons. The van der Waals surface area contributed by atoms with Gasteiger partial charge in [-0.05, 0) is 25.8 Å². The molecule has 1 heterocycles. The standard InChI is InChI=1S/C19H22N2O3/c1-4-6-15-17(19(22)23-5-2)16(14(11-20)18(21)24-15)13-9-7-12(3)8-10-13/h7-10,16H,4-6,21H2,1-3H3/t16-/m0/s1. The molecule has 1 aliphatic heterocycles. The molecule has 0 bridgehead atoms. The fourth-order valence-electron chi connectivity index (χ4n) is 2.76. The van der Waals surface area contributed by atoms with Gasteiger partial charge in [0.05, 0.1) is 18.1 Å². The molecule has 5 heteroatoms.